The SMILES string of the molecule is COc1cccc2c1nc(C(C)Cl)n2-c1cccc(Cl)c1. The maximum atomic E-state index is 6.31. The van der Waals surface area contributed by atoms with E-state index in [-0.39, 0.29) is 5.38 Å². The van der Waals surface area contributed by atoms with Gasteiger partial charge in [-0.3, -0.25) is 4.57 Å². The van der Waals surface area contributed by atoms with Crippen LogP contribution in [-0.4, -0.2) is 16.7 Å². The van der Waals surface area contributed by atoms with E-state index >= 15 is 0 Å². The van der Waals surface area contributed by atoms with Crippen LogP contribution < -0.4 is 4.74 Å². The van der Waals surface area contributed by atoms with Gasteiger partial charge in [0.15, 0.2) is 0 Å². The molecule has 108 valence electrons. The van der Waals surface area contributed by atoms with Crippen LogP contribution in [0.15, 0.2) is 42.5 Å². The second-order valence-corrected chi connectivity index (χ2v) is 5.82. The van der Waals surface area contributed by atoms with Gasteiger partial charge in [-0.15, -0.1) is 11.6 Å². The van der Waals surface area contributed by atoms with E-state index in [1.807, 2.05) is 54.0 Å². The minimum atomic E-state index is -0.235. The molecule has 0 aliphatic rings. The van der Waals surface area contributed by atoms with Crippen molar-refractivity contribution in [1.29, 1.82) is 0 Å². The van der Waals surface area contributed by atoms with E-state index < -0.39 is 0 Å². The standard InChI is InChI=1S/C16H14Cl2N2O/c1-10(17)16-19-15-13(7-4-8-14(15)21-2)20(16)12-6-3-5-11(18)9-12/h3-10H,1-2H3. The fraction of sp³-hybridized carbons (Fsp3) is 0.188. The molecule has 0 saturated carbocycles. The molecule has 0 saturated heterocycles. The molecule has 1 unspecified atom stereocenters. The summed E-state index contributed by atoms with van der Waals surface area (Å²) in [4.78, 5) is 4.65. The lowest BCUT2D eigenvalue weighted by atomic mass is 10.2. The molecule has 2 aromatic carbocycles. The first kappa shape index (κ1) is 14.2. The predicted octanol–water partition coefficient (Wildman–Crippen LogP) is 4.99. The molecule has 0 fully saturated rings. The van der Waals surface area contributed by atoms with E-state index in [0.717, 1.165) is 28.3 Å². The molecule has 0 aliphatic heterocycles. The van der Waals surface area contributed by atoms with Gasteiger partial charge < -0.3 is 4.74 Å². The molecule has 0 spiro atoms. The molecule has 3 nitrogen and oxygen atoms in total. The first-order valence-corrected chi connectivity index (χ1v) is 7.38. The number of nitrogens with zero attached hydrogens (tertiary/aromatic N) is 2. The average molecular weight is 321 g/mol. The van der Waals surface area contributed by atoms with Crippen molar-refractivity contribution in [1.82, 2.24) is 9.55 Å². The smallest absolute Gasteiger partial charge is 0.146 e. The van der Waals surface area contributed by atoms with Crippen LogP contribution in [0.5, 0.6) is 5.75 Å². The molecule has 0 bridgehead atoms. The Balaban J connectivity index is 2.36. The number of benzene rings is 2. The van der Waals surface area contributed by atoms with Gasteiger partial charge in [0.1, 0.15) is 17.1 Å². The Morgan fingerprint density at radius 3 is 2.62 bits per heavy atom. The second kappa shape index (κ2) is 5.58. The van der Waals surface area contributed by atoms with Gasteiger partial charge in [0.05, 0.1) is 18.0 Å². The molecule has 3 rings (SSSR count). The van der Waals surface area contributed by atoms with E-state index in [1.165, 1.54) is 0 Å². The van der Waals surface area contributed by atoms with Gasteiger partial charge >= 0.3 is 0 Å². The molecular weight excluding hydrogens is 307 g/mol. The number of rotatable bonds is 3. The highest BCUT2D eigenvalue weighted by Crippen LogP contribution is 2.33. The molecule has 1 atom stereocenters. The van der Waals surface area contributed by atoms with Gasteiger partial charge in [-0.25, -0.2) is 4.98 Å². The maximum absolute atomic E-state index is 6.31. The topological polar surface area (TPSA) is 27.1 Å². The lowest BCUT2D eigenvalue weighted by Crippen LogP contribution is -2.01. The Morgan fingerprint density at radius 1 is 1.19 bits per heavy atom. The van der Waals surface area contributed by atoms with Crippen LogP contribution in [-0.2, 0) is 0 Å². The zero-order chi connectivity index (χ0) is 15.0. The van der Waals surface area contributed by atoms with Crippen molar-refractivity contribution in [3.8, 4) is 11.4 Å². The van der Waals surface area contributed by atoms with Crippen LogP contribution in [0.4, 0.5) is 0 Å². The van der Waals surface area contributed by atoms with E-state index in [0.29, 0.717) is 5.02 Å². The van der Waals surface area contributed by atoms with Gasteiger partial charge in [0.25, 0.3) is 0 Å². The molecule has 21 heavy (non-hydrogen) atoms. The molecule has 0 aliphatic carbocycles. The van der Waals surface area contributed by atoms with Crippen LogP contribution in [0.25, 0.3) is 16.7 Å². The highest BCUT2D eigenvalue weighted by Gasteiger charge is 2.18. The Hall–Kier alpha value is -1.71. The van der Waals surface area contributed by atoms with Crippen molar-refractivity contribution >= 4 is 34.2 Å². The van der Waals surface area contributed by atoms with Gasteiger partial charge in [0.2, 0.25) is 0 Å². The van der Waals surface area contributed by atoms with E-state index in [4.69, 9.17) is 27.9 Å². The fourth-order valence-corrected chi connectivity index (χ4v) is 2.74. The average Bonchev–Trinajstić information content (AvgIpc) is 2.86. The van der Waals surface area contributed by atoms with Gasteiger partial charge in [-0.2, -0.15) is 0 Å². The number of halogens is 2. The number of ether oxygens (including phenoxy) is 1. The zero-order valence-corrected chi connectivity index (χ0v) is 13.2. The van der Waals surface area contributed by atoms with Crippen molar-refractivity contribution in [3.63, 3.8) is 0 Å². The summed E-state index contributed by atoms with van der Waals surface area (Å²) in [5.41, 5.74) is 2.67. The highest BCUT2D eigenvalue weighted by molar-refractivity contribution is 6.30. The summed E-state index contributed by atoms with van der Waals surface area (Å²) in [7, 11) is 1.64. The monoisotopic (exact) mass is 320 g/mol. The van der Waals surface area contributed by atoms with Crippen molar-refractivity contribution in [2.24, 2.45) is 0 Å². The molecule has 1 heterocycles. The van der Waals surface area contributed by atoms with Crippen molar-refractivity contribution in [2.75, 3.05) is 7.11 Å². The Bertz CT molecular complexity index is 796. The summed E-state index contributed by atoms with van der Waals surface area (Å²) in [6.45, 7) is 1.90. The maximum Gasteiger partial charge on any atom is 0.146 e. The number of alkyl halides is 1. The van der Waals surface area contributed by atoms with E-state index in [1.54, 1.807) is 7.11 Å². The first-order chi connectivity index (χ1) is 10.1. The summed E-state index contributed by atoms with van der Waals surface area (Å²) in [6, 6.07) is 13.4. The number of aromatic nitrogens is 2. The number of methoxy groups -OCH3 is 1. The highest BCUT2D eigenvalue weighted by atomic mass is 35.5. The van der Waals surface area contributed by atoms with E-state index in [9.17, 15) is 0 Å². The van der Waals surface area contributed by atoms with Crippen molar-refractivity contribution in [3.05, 3.63) is 53.3 Å². The summed E-state index contributed by atoms with van der Waals surface area (Å²) in [5.74, 6) is 1.49. The second-order valence-electron chi connectivity index (χ2n) is 4.73. The van der Waals surface area contributed by atoms with Gasteiger partial charge in [-0.1, -0.05) is 23.7 Å². The van der Waals surface area contributed by atoms with E-state index in [2.05, 4.69) is 4.98 Å². The van der Waals surface area contributed by atoms with Crippen LogP contribution in [0.2, 0.25) is 5.02 Å². The molecular formula is C16H14Cl2N2O. The third-order valence-electron chi connectivity index (χ3n) is 3.32. The molecule has 1 aromatic heterocycles. The Morgan fingerprint density at radius 2 is 1.95 bits per heavy atom. The number of fused-ring (bicyclic) bond motifs is 1. The largest absolute Gasteiger partial charge is 0.494 e. The predicted molar refractivity (Wildman–Crippen MR) is 86.9 cm³/mol. The Kier molecular flexibility index (Phi) is 3.79. The number of hydrogen-bond acceptors (Lipinski definition) is 2. The third-order valence-corrected chi connectivity index (χ3v) is 3.75. The number of hydrogen-bond donors (Lipinski definition) is 0. The fourth-order valence-electron chi connectivity index (χ4n) is 2.41. The number of para-hydroxylation sites is 1. The van der Waals surface area contributed by atoms with Gasteiger partial charge in [0, 0.05) is 10.7 Å². The molecule has 5 heteroatoms. The van der Waals surface area contributed by atoms with Crippen molar-refractivity contribution in [2.45, 2.75) is 12.3 Å². The quantitative estimate of drug-likeness (QED) is 0.636. The van der Waals surface area contributed by atoms with Crippen molar-refractivity contribution < 1.29 is 4.74 Å². The molecule has 0 radical (unpaired) electrons. The molecule has 0 amide bonds. The summed E-state index contributed by atoms with van der Waals surface area (Å²) in [5, 5.41) is 0.437. The summed E-state index contributed by atoms with van der Waals surface area (Å²) < 4.78 is 7.41. The van der Waals surface area contributed by atoms with Crippen LogP contribution in [0.1, 0.15) is 18.1 Å². The summed E-state index contributed by atoms with van der Waals surface area (Å²) in [6.07, 6.45) is 0. The lowest BCUT2D eigenvalue weighted by Gasteiger charge is -2.11. The first-order valence-electron chi connectivity index (χ1n) is 6.57. The summed E-state index contributed by atoms with van der Waals surface area (Å²) >= 11 is 12.4. The molecule has 0 N–H and O–H groups in total. The zero-order valence-electron chi connectivity index (χ0n) is 11.7. The van der Waals surface area contributed by atoms with Crippen LogP contribution >= 0.6 is 23.2 Å². The normalized spacial score (nSPS) is 12.6. The third kappa shape index (κ3) is 2.47. The lowest BCUT2D eigenvalue weighted by molar-refractivity contribution is 0.419. The molecule has 3 aromatic rings. The Labute approximate surface area is 133 Å². The minimum Gasteiger partial charge on any atom is -0.494 e. The van der Waals surface area contributed by atoms with Crippen LogP contribution in [0, 0.1) is 0 Å². The minimum absolute atomic E-state index is 0.235. The van der Waals surface area contributed by atoms with Crippen LogP contribution in [0.3, 0.4) is 0 Å². The number of imidazole rings is 1. The van der Waals surface area contributed by atoms with Gasteiger partial charge in [-0.05, 0) is 37.3 Å².